The molecule has 1 amide bonds. The van der Waals surface area contributed by atoms with Gasteiger partial charge in [-0.2, -0.15) is 0 Å². The maximum atomic E-state index is 12.9. The van der Waals surface area contributed by atoms with Crippen LogP contribution in [-0.4, -0.2) is 55.1 Å². The normalized spacial score (nSPS) is 11.6. The number of carbonyl (C=O) groups is 1. The van der Waals surface area contributed by atoms with Crippen LogP contribution in [-0.2, 0) is 4.74 Å². The zero-order chi connectivity index (χ0) is 29.1. The van der Waals surface area contributed by atoms with Crippen LogP contribution in [0.4, 0.5) is 20.2 Å². The number of anilines is 2. The molecule has 4 aromatic rings. The maximum absolute atomic E-state index is 12.9. The first kappa shape index (κ1) is 29.9. The van der Waals surface area contributed by atoms with Gasteiger partial charge in [-0.25, -0.2) is 13.8 Å². The summed E-state index contributed by atoms with van der Waals surface area (Å²) in [5, 5.41) is 7.65. The van der Waals surface area contributed by atoms with Gasteiger partial charge in [-0.05, 0) is 54.4 Å². The Balaban J connectivity index is 0.000000351. The summed E-state index contributed by atoms with van der Waals surface area (Å²) < 4.78 is 39.4. The molecule has 2 aromatic carbocycles. The molecule has 9 nitrogen and oxygen atoms in total. The maximum Gasteiger partial charge on any atom is 0.260 e. The molecule has 0 aliphatic carbocycles. The van der Waals surface area contributed by atoms with E-state index in [2.05, 4.69) is 14.7 Å². The third-order valence-electron chi connectivity index (χ3n) is 5.64. The number of benzene rings is 2. The third kappa shape index (κ3) is 7.71. The van der Waals surface area contributed by atoms with E-state index in [-0.39, 0.29) is 14.1 Å². The Morgan fingerprint density at radius 3 is 2.50 bits per heavy atom. The number of nitrogens with two attached hydrogens (primary N) is 1. The van der Waals surface area contributed by atoms with Crippen molar-refractivity contribution in [1.29, 1.82) is 0 Å². The highest BCUT2D eigenvalue weighted by Crippen LogP contribution is 2.37. The molecule has 0 radical (unpaired) electrons. The Morgan fingerprint density at radius 1 is 1.12 bits per heavy atom. The zero-order valence-corrected chi connectivity index (χ0v) is 22.3. The van der Waals surface area contributed by atoms with Crippen molar-refractivity contribution < 1.29 is 34.3 Å². The summed E-state index contributed by atoms with van der Waals surface area (Å²) in [5.74, 6) is -0.0876. The molecule has 0 bridgehead atoms. The van der Waals surface area contributed by atoms with Crippen molar-refractivity contribution in [3.63, 3.8) is 0 Å². The second-order valence-corrected chi connectivity index (χ2v) is 8.36. The van der Waals surface area contributed by atoms with Crippen molar-refractivity contribution >= 4 is 17.3 Å². The van der Waals surface area contributed by atoms with E-state index >= 15 is 0 Å². The Morgan fingerprint density at radius 2 is 1.90 bits per heavy atom. The van der Waals surface area contributed by atoms with Crippen LogP contribution in [0.3, 0.4) is 0 Å². The lowest BCUT2D eigenvalue weighted by molar-refractivity contribution is 0.0325. The number of nitrogens with zero attached hydrogens (tertiary/aromatic N) is 3. The number of hydrogen-bond acceptors (Lipinski definition) is 8. The molecule has 11 heteroatoms. The van der Waals surface area contributed by atoms with Gasteiger partial charge in [0.05, 0.1) is 30.6 Å². The second-order valence-electron chi connectivity index (χ2n) is 8.36. The summed E-state index contributed by atoms with van der Waals surface area (Å²) in [5.41, 5.74) is 9.85. The molecule has 212 valence electrons. The molecular weight excluding hydrogens is 522 g/mol. The van der Waals surface area contributed by atoms with Gasteiger partial charge in [-0.15, -0.1) is 0 Å². The molecule has 1 aliphatic heterocycles. The van der Waals surface area contributed by atoms with Crippen LogP contribution in [0.25, 0.3) is 11.1 Å². The summed E-state index contributed by atoms with van der Waals surface area (Å²) >= 11 is 0. The number of carbonyl (C=O) groups excluding carboxylic acids is 1. The van der Waals surface area contributed by atoms with Gasteiger partial charge in [0.25, 0.3) is 5.91 Å². The first-order chi connectivity index (χ1) is 19.3. The number of aromatic nitrogens is 2. The lowest BCUT2D eigenvalue weighted by Gasteiger charge is -2.30. The van der Waals surface area contributed by atoms with Gasteiger partial charge in [0, 0.05) is 38.8 Å². The van der Waals surface area contributed by atoms with E-state index in [1.165, 1.54) is 26.4 Å². The second kappa shape index (κ2) is 14.5. The van der Waals surface area contributed by atoms with Crippen molar-refractivity contribution in [2.75, 3.05) is 44.8 Å². The van der Waals surface area contributed by atoms with Gasteiger partial charge in [0.1, 0.15) is 30.8 Å². The number of ether oxygens (including phenoxy) is 3. The Labute approximate surface area is 232 Å². The number of rotatable bonds is 4. The molecule has 40 heavy (non-hydrogen) atoms. The minimum absolute atomic E-state index is 0. The summed E-state index contributed by atoms with van der Waals surface area (Å²) in [6.07, 6.45) is 4.90. The predicted molar refractivity (Wildman–Crippen MR) is 149 cm³/mol. The number of aliphatic hydroxyl groups is 1. The molecule has 0 saturated carbocycles. The number of fused-ring (bicyclic) bond motifs is 1. The SMILES string of the molecule is COCO.COc1ncc(-c2ccc3c(c2)N(C(=O)c2cccnc2)CCO3)cc1N.Cc1ccc(F)cc1F.[HH]. The molecule has 0 unspecified atom stereocenters. The molecule has 0 spiro atoms. The lowest BCUT2D eigenvalue weighted by Crippen LogP contribution is -2.38. The van der Waals surface area contributed by atoms with E-state index in [0.29, 0.717) is 47.3 Å². The fourth-order valence-electron chi connectivity index (χ4n) is 3.62. The van der Waals surface area contributed by atoms with Crippen molar-refractivity contribution in [3.8, 4) is 22.8 Å². The van der Waals surface area contributed by atoms with Crippen molar-refractivity contribution in [1.82, 2.24) is 9.97 Å². The smallest absolute Gasteiger partial charge is 0.260 e. The summed E-state index contributed by atoms with van der Waals surface area (Å²) in [6.45, 7) is 2.32. The van der Waals surface area contributed by atoms with Crippen molar-refractivity contribution in [2.45, 2.75) is 6.92 Å². The van der Waals surface area contributed by atoms with Crippen LogP contribution in [0.2, 0.25) is 0 Å². The fraction of sp³-hybridized carbons (Fsp3) is 0.207. The number of halogens is 2. The summed E-state index contributed by atoms with van der Waals surface area (Å²) in [4.78, 5) is 22.9. The number of hydrogen-bond donors (Lipinski definition) is 2. The van der Waals surface area contributed by atoms with Crippen molar-refractivity contribution in [3.05, 3.63) is 95.9 Å². The molecule has 2 aromatic heterocycles. The highest BCUT2D eigenvalue weighted by molar-refractivity contribution is 6.07. The first-order valence-electron chi connectivity index (χ1n) is 12.1. The fourth-order valence-corrected chi connectivity index (χ4v) is 3.62. The Bertz CT molecular complexity index is 1430. The van der Waals surface area contributed by atoms with Crippen LogP contribution in [0.1, 0.15) is 17.3 Å². The highest BCUT2D eigenvalue weighted by atomic mass is 19.1. The number of methoxy groups -OCH3 is 2. The first-order valence-corrected chi connectivity index (χ1v) is 12.1. The van der Waals surface area contributed by atoms with Gasteiger partial charge in [0.2, 0.25) is 5.88 Å². The standard InChI is InChI=1S/C20H18N4O3.C7H6F2.C2H6O2.H2/c1-26-19-16(21)9-15(12-23-19)13-4-5-18-17(10-13)24(7-8-27-18)20(25)14-3-2-6-22-11-14;1-5-2-3-6(8)4-7(5)9;1-4-2-3;/h2-6,9-12H,7-8,21H2,1H3;2-4H,1H3;3H,2H2,1H3;1H. The van der Waals surface area contributed by atoms with Gasteiger partial charge in [0.15, 0.2) is 0 Å². The van der Waals surface area contributed by atoms with E-state index in [1.54, 1.807) is 48.6 Å². The molecule has 0 atom stereocenters. The van der Waals surface area contributed by atoms with Crippen molar-refractivity contribution in [2.24, 2.45) is 0 Å². The monoisotopic (exact) mass is 554 g/mol. The average molecular weight is 555 g/mol. The largest absolute Gasteiger partial charge is 0.490 e. The molecule has 3 heterocycles. The van der Waals surface area contributed by atoms with E-state index in [9.17, 15) is 13.6 Å². The molecule has 5 rings (SSSR count). The molecule has 1 aliphatic rings. The van der Waals surface area contributed by atoms with Crippen LogP contribution in [0.15, 0.2) is 73.2 Å². The minimum Gasteiger partial charge on any atom is -0.490 e. The molecule has 3 N–H and O–H groups in total. The number of pyridine rings is 2. The molecular formula is C29H32F2N4O5. The lowest BCUT2D eigenvalue weighted by atomic mass is 10.0. The minimum atomic E-state index is -0.530. The summed E-state index contributed by atoms with van der Waals surface area (Å²) in [6, 6.07) is 14.5. The zero-order valence-electron chi connectivity index (χ0n) is 22.3. The number of amides is 1. The van der Waals surface area contributed by atoms with E-state index in [1.807, 2.05) is 18.2 Å². The summed E-state index contributed by atoms with van der Waals surface area (Å²) in [7, 11) is 2.95. The van der Waals surface area contributed by atoms with Gasteiger partial charge in [-0.1, -0.05) is 12.1 Å². The van der Waals surface area contributed by atoms with Gasteiger partial charge < -0.3 is 30.0 Å². The molecule has 0 fully saturated rings. The molecule has 0 saturated heterocycles. The third-order valence-corrected chi connectivity index (χ3v) is 5.64. The average Bonchev–Trinajstić information content (AvgIpc) is 2.99. The van der Waals surface area contributed by atoms with Crippen LogP contribution in [0, 0.1) is 18.6 Å². The Kier molecular flexibility index (Phi) is 10.9. The van der Waals surface area contributed by atoms with E-state index in [4.69, 9.17) is 20.3 Å². The van der Waals surface area contributed by atoms with Gasteiger partial charge in [-0.3, -0.25) is 9.78 Å². The number of aryl methyl sites for hydroxylation is 1. The predicted octanol–water partition coefficient (Wildman–Crippen LogP) is 4.88. The number of nitrogen functional groups attached to an aromatic ring is 1. The van der Waals surface area contributed by atoms with E-state index < -0.39 is 11.6 Å². The highest BCUT2D eigenvalue weighted by Gasteiger charge is 2.25. The number of aliphatic hydroxyl groups excluding tert-OH is 1. The topological polar surface area (TPSA) is 120 Å². The van der Waals surface area contributed by atoms with Crippen LogP contribution >= 0.6 is 0 Å². The van der Waals surface area contributed by atoms with Crippen LogP contribution in [0.5, 0.6) is 11.6 Å². The van der Waals surface area contributed by atoms with E-state index in [0.717, 1.165) is 17.2 Å². The van der Waals surface area contributed by atoms with Crippen LogP contribution < -0.4 is 20.1 Å². The Hall–Kier alpha value is -4.61. The quantitative estimate of drug-likeness (QED) is 0.343. The van der Waals surface area contributed by atoms with Gasteiger partial charge >= 0.3 is 0 Å².